The molecule has 156 valence electrons. The molecule has 0 aromatic heterocycles. The molecule has 0 fully saturated rings. The molecule has 2 aromatic rings. The van der Waals surface area contributed by atoms with Crippen molar-refractivity contribution in [1.29, 1.82) is 0 Å². The molecule has 0 saturated heterocycles. The minimum absolute atomic E-state index is 0.0554. The van der Waals surface area contributed by atoms with Gasteiger partial charge < -0.3 is 18.9 Å². The number of carbonyl (C=O) groups is 2. The van der Waals surface area contributed by atoms with E-state index in [2.05, 4.69) is 0 Å². The number of aryl methyl sites for hydroxylation is 1. The molecule has 0 unspecified atom stereocenters. The molecule has 0 spiro atoms. The Balaban J connectivity index is 1.86. The van der Waals surface area contributed by atoms with Crippen LogP contribution in [0.2, 0.25) is 0 Å². The van der Waals surface area contributed by atoms with E-state index < -0.39 is 11.9 Å². The van der Waals surface area contributed by atoms with Crippen LogP contribution in [0, 0.1) is 6.92 Å². The average molecular weight is 409 g/mol. The van der Waals surface area contributed by atoms with Crippen molar-refractivity contribution in [2.75, 3.05) is 32.8 Å². The highest BCUT2D eigenvalue weighted by atomic mass is 16.5. The molecular formula is C23H23NO6. The number of carbonyl (C=O) groups excluding carboxylic acids is 2. The van der Waals surface area contributed by atoms with Gasteiger partial charge in [-0.1, -0.05) is 17.7 Å². The Bertz CT molecular complexity index is 1040. The van der Waals surface area contributed by atoms with Crippen LogP contribution in [0.4, 0.5) is 5.69 Å². The van der Waals surface area contributed by atoms with Gasteiger partial charge in [-0.15, -0.1) is 0 Å². The van der Waals surface area contributed by atoms with Crippen LogP contribution in [0.3, 0.4) is 0 Å². The van der Waals surface area contributed by atoms with Crippen LogP contribution >= 0.6 is 0 Å². The van der Waals surface area contributed by atoms with Crippen LogP contribution in [-0.2, 0) is 14.3 Å². The predicted molar refractivity (Wildman–Crippen MR) is 110 cm³/mol. The van der Waals surface area contributed by atoms with E-state index in [1.54, 1.807) is 17.0 Å². The largest absolute Gasteiger partial charge is 0.496 e. The molecule has 7 nitrogen and oxygen atoms in total. The van der Waals surface area contributed by atoms with Crippen LogP contribution in [0.15, 0.2) is 47.7 Å². The Morgan fingerprint density at radius 2 is 1.57 bits per heavy atom. The lowest BCUT2D eigenvalue weighted by atomic mass is 9.83. The fourth-order valence-corrected chi connectivity index (χ4v) is 4.04. The number of amides is 1. The first-order chi connectivity index (χ1) is 14.5. The third-order valence-electron chi connectivity index (χ3n) is 5.52. The molecule has 0 saturated carbocycles. The molecule has 1 atom stereocenters. The summed E-state index contributed by atoms with van der Waals surface area (Å²) in [5.41, 5.74) is 3.53. The predicted octanol–water partition coefficient (Wildman–Crippen LogP) is 3.35. The lowest BCUT2D eigenvalue weighted by Gasteiger charge is -2.32. The van der Waals surface area contributed by atoms with Crippen molar-refractivity contribution < 1.29 is 28.5 Å². The maximum atomic E-state index is 13.2. The van der Waals surface area contributed by atoms with Gasteiger partial charge in [0.1, 0.15) is 12.4 Å². The number of benzene rings is 2. The van der Waals surface area contributed by atoms with Crippen molar-refractivity contribution >= 4 is 17.6 Å². The summed E-state index contributed by atoms with van der Waals surface area (Å²) in [6.45, 7) is 2.04. The molecule has 7 heteroatoms. The van der Waals surface area contributed by atoms with Gasteiger partial charge in [-0.2, -0.15) is 0 Å². The first kappa shape index (κ1) is 19.8. The summed E-state index contributed by atoms with van der Waals surface area (Å²) < 4.78 is 21.7. The van der Waals surface area contributed by atoms with Crippen molar-refractivity contribution in [1.82, 2.24) is 0 Å². The van der Waals surface area contributed by atoms with Crippen molar-refractivity contribution in [3.05, 3.63) is 58.8 Å². The van der Waals surface area contributed by atoms with Crippen molar-refractivity contribution in [3.63, 3.8) is 0 Å². The number of hydrogen-bond donors (Lipinski definition) is 0. The SMILES string of the molecule is COc1cc(OC)c([C@@H]2CC(=O)N(c3ccc(C)cc3)C3=C2C(=O)OC3)cc1OC. The molecule has 2 aliphatic heterocycles. The third-order valence-corrected chi connectivity index (χ3v) is 5.52. The summed E-state index contributed by atoms with van der Waals surface area (Å²) in [5, 5.41) is 0. The Kier molecular flexibility index (Phi) is 5.11. The molecule has 0 aliphatic carbocycles. The zero-order valence-corrected chi connectivity index (χ0v) is 17.4. The Hall–Kier alpha value is -3.48. The lowest BCUT2D eigenvalue weighted by Crippen LogP contribution is -2.37. The second-order valence-corrected chi connectivity index (χ2v) is 7.21. The minimum atomic E-state index is -0.501. The number of esters is 1. The van der Waals surface area contributed by atoms with Gasteiger partial charge >= 0.3 is 5.97 Å². The summed E-state index contributed by atoms with van der Waals surface area (Å²) in [4.78, 5) is 27.5. The van der Waals surface area contributed by atoms with Gasteiger partial charge in [-0.05, 0) is 25.1 Å². The molecule has 0 bridgehead atoms. The van der Waals surface area contributed by atoms with E-state index in [0.29, 0.717) is 39.8 Å². The van der Waals surface area contributed by atoms with E-state index in [1.807, 2.05) is 31.2 Å². The van der Waals surface area contributed by atoms with Gasteiger partial charge in [0.2, 0.25) is 5.91 Å². The third kappa shape index (κ3) is 3.16. The average Bonchev–Trinajstić information content (AvgIpc) is 3.14. The monoisotopic (exact) mass is 409 g/mol. The van der Waals surface area contributed by atoms with Crippen LogP contribution < -0.4 is 19.1 Å². The van der Waals surface area contributed by atoms with E-state index in [9.17, 15) is 9.59 Å². The Morgan fingerprint density at radius 1 is 0.933 bits per heavy atom. The number of rotatable bonds is 5. The van der Waals surface area contributed by atoms with Crippen LogP contribution in [0.1, 0.15) is 23.5 Å². The Morgan fingerprint density at radius 3 is 2.20 bits per heavy atom. The van der Waals surface area contributed by atoms with Gasteiger partial charge in [-0.3, -0.25) is 9.69 Å². The highest BCUT2D eigenvalue weighted by Gasteiger charge is 2.44. The molecule has 0 radical (unpaired) electrons. The number of cyclic esters (lactones) is 1. The highest BCUT2D eigenvalue weighted by Crippen LogP contribution is 2.47. The van der Waals surface area contributed by atoms with Crippen LogP contribution in [-0.4, -0.2) is 39.8 Å². The van der Waals surface area contributed by atoms with E-state index in [-0.39, 0.29) is 18.9 Å². The zero-order chi connectivity index (χ0) is 21.4. The van der Waals surface area contributed by atoms with E-state index in [4.69, 9.17) is 18.9 Å². The van der Waals surface area contributed by atoms with Gasteiger partial charge in [-0.25, -0.2) is 4.79 Å². The summed E-state index contributed by atoms with van der Waals surface area (Å²) in [6, 6.07) is 11.1. The van der Waals surface area contributed by atoms with Crippen LogP contribution in [0.25, 0.3) is 0 Å². The number of nitrogens with zero attached hydrogens (tertiary/aromatic N) is 1. The van der Waals surface area contributed by atoms with Crippen molar-refractivity contribution in [2.45, 2.75) is 19.3 Å². The first-order valence-corrected chi connectivity index (χ1v) is 9.58. The number of hydrogen-bond acceptors (Lipinski definition) is 6. The summed E-state index contributed by atoms with van der Waals surface area (Å²) in [6.07, 6.45) is 0.105. The van der Waals surface area contributed by atoms with E-state index in [1.165, 1.54) is 21.3 Å². The molecule has 2 aromatic carbocycles. The molecule has 30 heavy (non-hydrogen) atoms. The fraction of sp³-hybridized carbons (Fsp3) is 0.304. The summed E-state index contributed by atoms with van der Waals surface area (Å²) in [7, 11) is 4.61. The first-order valence-electron chi connectivity index (χ1n) is 9.58. The topological polar surface area (TPSA) is 74.3 Å². The Labute approximate surface area is 174 Å². The summed E-state index contributed by atoms with van der Waals surface area (Å²) >= 11 is 0. The fourth-order valence-electron chi connectivity index (χ4n) is 4.04. The maximum absolute atomic E-state index is 13.2. The lowest BCUT2D eigenvalue weighted by molar-refractivity contribution is -0.136. The van der Waals surface area contributed by atoms with E-state index in [0.717, 1.165) is 5.56 Å². The molecule has 4 rings (SSSR count). The van der Waals surface area contributed by atoms with Gasteiger partial charge in [0.05, 0.1) is 32.6 Å². The minimum Gasteiger partial charge on any atom is -0.496 e. The standard InChI is InChI=1S/C23H23NO6/c1-13-5-7-14(8-6-13)24-17-12-30-23(26)22(17)16(10-21(24)25)15-9-19(28-3)20(29-4)11-18(15)27-2/h5-9,11,16H,10,12H2,1-4H3/t16-/m0/s1. The van der Waals surface area contributed by atoms with E-state index >= 15 is 0 Å². The van der Waals surface area contributed by atoms with Crippen molar-refractivity contribution in [3.8, 4) is 17.2 Å². The number of methoxy groups -OCH3 is 3. The quantitative estimate of drug-likeness (QED) is 0.705. The highest BCUT2D eigenvalue weighted by molar-refractivity contribution is 6.06. The van der Waals surface area contributed by atoms with Crippen LogP contribution in [0.5, 0.6) is 17.2 Å². The second-order valence-electron chi connectivity index (χ2n) is 7.21. The summed E-state index contributed by atoms with van der Waals surface area (Å²) in [5.74, 6) is 0.480. The number of anilines is 1. The van der Waals surface area contributed by atoms with Crippen molar-refractivity contribution in [2.24, 2.45) is 0 Å². The zero-order valence-electron chi connectivity index (χ0n) is 17.4. The maximum Gasteiger partial charge on any atom is 0.336 e. The van der Waals surface area contributed by atoms with Gasteiger partial charge in [0, 0.05) is 29.7 Å². The second kappa shape index (κ2) is 7.74. The molecular weight excluding hydrogens is 386 g/mol. The molecule has 2 aliphatic rings. The molecule has 1 amide bonds. The normalized spacial score (nSPS) is 18.3. The van der Waals surface area contributed by atoms with Gasteiger partial charge in [0.15, 0.2) is 11.5 Å². The van der Waals surface area contributed by atoms with Gasteiger partial charge in [0.25, 0.3) is 0 Å². The number of ether oxygens (including phenoxy) is 4. The molecule has 2 heterocycles. The smallest absolute Gasteiger partial charge is 0.336 e. The molecule has 0 N–H and O–H groups in total.